The fourth-order valence-electron chi connectivity index (χ4n) is 2.83. The molecule has 7 nitrogen and oxygen atoms in total. The number of thioether (sulfide) groups is 1. The van der Waals surface area contributed by atoms with Crippen molar-refractivity contribution in [1.82, 2.24) is 29.2 Å². The Balaban J connectivity index is 1.34. The van der Waals surface area contributed by atoms with E-state index in [-0.39, 0.29) is 0 Å². The standard InChI is InChI=1S/C17H13ClN6OS/c18-11-5-7-12(8-6-11)25-9-10-26-17-21-20-16-23-14-4-2-1-3-13(14)19-15(23)22-24(16)17/h1-8H,9-10H2,(H,19,22). The summed E-state index contributed by atoms with van der Waals surface area (Å²) in [6, 6.07) is 15.3. The van der Waals surface area contributed by atoms with Gasteiger partial charge in [-0.25, -0.2) is 9.38 Å². The number of fused-ring (bicyclic) bond motifs is 5. The molecule has 0 unspecified atom stereocenters. The molecule has 3 heterocycles. The number of para-hydroxylation sites is 2. The monoisotopic (exact) mass is 384 g/mol. The van der Waals surface area contributed by atoms with Gasteiger partial charge in [-0.15, -0.1) is 10.2 Å². The summed E-state index contributed by atoms with van der Waals surface area (Å²) >= 11 is 7.44. The Bertz CT molecular complexity index is 1210. The number of rotatable bonds is 5. The van der Waals surface area contributed by atoms with E-state index < -0.39 is 0 Å². The molecule has 0 atom stereocenters. The number of nitrogens with one attached hydrogen (secondary N) is 1. The molecule has 3 aromatic heterocycles. The smallest absolute Gasteiger partial charge is 0.258 e. The first kappa shape index (κ1) is 15.5. The van der Waals surface area contributed by atoms with Crippen LogP contribution in [0.1, 0.15) is 0 Å². The number of hydrogen-bond donors (Lipinski definition) is 1. The predicted octanol–water partition coefficient (Wildman–Crippen LogP) is 3.68. The first-order valence-electron chi connectivity index (χ1n) is 8.01. The molecule has 2 aromatic carbocycles. The van der Waals surface area contributed by atoms with Crippen molar-refractivity contribution in [2.75, 3.05) is 12.4 Å². The van der Waals surface area contributed by atoms with Crippen molar-refractivity contribution in [3.63, 3.8) is 0 Å². The van der Waals surface area contributed by atoms with Gasteiger partial charge < -0.3 is 4.74 Å². The lowest BCUT2D eigenvalue weighted by Crippen LogP contribution is -2.01. The van der Waals surface area contributed by atoms with E-state index in [9.17, 15) is 0 Å². The Labute approximate surface area is 156 Å². The molecule has 9 heteroatoms. The zero-order valence-corrected chi connectivity index (χ0v) is 15.0. The molecule has 0 radical (unpaired) electrons. The van der Waals surface area contributed by atoms with Crippen LogP contribution in [0, 0.1) is 0 Å². The summed E-state index contributed by atoms with van der Waals surface area (Å²) in [6.45, 7) is 0.558. The van der Waals surface area contributed by atoms with Crippen LogP contribution >= 0.6 is 23.4 Å². The number of H-pyrrole nitrogens is 1. The van der Waals surface area contributed by atoms with Gasteiger partial charge in [-0.1, -0.05) is 35.5 Å². The summed E-state index contributed by atoms with van der Waals surface area (Å²) in [5.74, 6) is 3.00. The van der Waals surface area contributed by atoms with E-state index in [0.29, 0.717) is 11.6 Å². The molecule has 0 amide bonds. The largest absolute Gasteiger partial charge is 0.493 e. The third kappa shape index (κ3) is 2.58. The zero-order chi connectivity index (χ0) is 17.5. The Kier molecular flexibility index (Phi) is 3.72. The van der Waals surface area contributed by atoms with Crippen molar-refractivity contribution in [2.24, 2.45) is 0 Å². The number of imidazole rings is 1. The van der Waals surface area contributed by atoms with Crippen LogP contribution in [0.2, 0.25) is 5.02 Å². The minimum Gasteiger partial charge on any atom is -0.493 e. The molecular weight excluding hydrogens is 372 g/mol. The first-order chi connectivity index (χ1) is 12.8. The number of hydrogen-bond acceptors (Lipinski definition) is 5. The summed E-state index contributed by atoms with van der Waals surface area (Å²) < 4.78 is 9.53. The quantitative estimate of drug-likeness (QED) is 0.369. The van der Waals surface area contributed by atoms with E-state index in [4.69, 9.17) is 16.3 Å². The second kappa shape index (κ2) is 6.22. The third-order valence-electron chi connectivity index (χ3n) is 3.99. The van der Waals surface area contributed by atoms with E-state index in [1.807, 2.05) is 57.4 Å². The summed E-state index contributed by atoms with van der Waals surface area (Å²) in [4.78, 5) is 4.58. The van der Waals surface area contributed by atoms with Gasteiger partial charge in [0.25, 0.3) is 5.78 Å². The Hall–Kier alpha value is -2.71. The van der Waals surface area contributed by atoms with Crippen LogP contribution in [0.25, 0.3) is 22.6 Å². The molecule has 5 aromatic rings. The number of nitrogens with zero attached hydrogens (tertiary/aromatic N) is 5. The number of aromatic nitrogens is 6. The van der Waals surface area contributed by atoms with E-state index in [1.165, 1.54) is 0 Å². The maximum absolute atomic E-state index is 5.87. The van der Waals surface area contributed by atoms with E-state index in [0.717, 1.165) is 39.2 Å². The van der Waals surface area contributed by atoms with Crippen molar-refractivity contribution in [3.8, 4) is 5.75 Å². The maximum Gasteiger partial charge on any atom is 0.258 e. The third-order valence-corrected chi connectivity index (χ3v) is 5.13. The fraction of sp³-hybridized carbons (Fsp3) is 0.118. The van der Waals surface area contributed by atoms with Gasteiger partial charge in [0.05, 0.1) is 17.6 Å². The molecule has 0 aliphatic heterocycles. The molecule has 0 saturated carbocycles. The predicted molar refractivity (Wildman–Crippen MR) is 101 cm³/mol. The molecule has 0 aliphatic carbocycles. The van der Waals surface area contributed by atoms with Crippen molar-refractivity contribution in [2.45, 2.75) is 5.16 Å². The van der Waals surface area contributed by atoms with Gasteiger partial charge in [0.2, 0.25) is 10.9 Å². The van der Waals surface area contributed by atoms with Crippen molar-refractivity contribution in [3.05, 3.63) is 53.6 Å². The van der Waals surface area contributed by atoms with Crippen LogP contribution in [0.5, 0.6) is 5.75 Å². The number of aromatic amines is 1. The second-order valence-electron chi connectivity index (χ2n) is 5.64. The first-order valence-corrected chi connectivity index (χ1v) is 9.37. The van der Waals surface area contributed by atoms with E-state index in [1.54, 1.807) is 11.8 Å². The summed E-state index contributed by atoms with van der Waals surface area (Å²) in [5.41, 5.74) is 1.93. The highest BCUT2D eigenvalue weighted by molar-refractivity contribution is 7.99. The molecule has 130 valence electrons. The average Bonchev–Trinajstić information content (AvgIpc) is 3.30. The normalized spacial score (nSPS) is 11.7. The van der Waals surface area contributed by atoms with Crippen LogP contribution in [0.3, 0.4) is 0 Å². The topological polar surface area (TPSA) is 72.5 Å². The zero-order valence-electron chi connectivity index (χ0n) is 13.5. The minimum atomic E-state index is 0.558. The molecule has 5 rings (SSSR count). The Morgan fingerprint density at radius 3 is 2.81 bits per heavy atom. The number of ether oxygens (including phenoxy) is 1. The van der Waals surface area contributed by atoms with Crippen molar-refractivity contribution < 1.29 is 4.74 Å². The van der Waals surface area contributed by atoms with Crippen LogP contribution in [0.4, 0.5) is 0 Å². The molecule has 0 saturated heterocycles. The van der Waals surface area contributed by atoms with Crippen molar-refractivity contribution in [1.29, 1.82) is 0 Å². The fourth-order valence-corrected chi connectivity index (χ4v) is 3.66. The summed E-state index contributed by atoms with van der Waals surface area (Å²) in [7, 11) is 0. The average molecular weight is 385 g/mol. The van der Waals surface area contributed by atoms with Gasteiger partial charge in [-0.3, -0.25) is 5.10 Å². The van der Waals surface area contributed by atoms with Gasteiger partial charge in [0.15, 0.2) is 0 Å². The Morgan fingerprint density at radius 2 is 1.92 bits per heavy atom. The van der Waals surface area contributed by atoms with Crippen LogP contribution in [-0.2, 0) is 0 Å². The highest BCUT2D eigenvalue weighted by atomic mass is 35.5. The molecule has 0 fully saturated rings. The maximum atomic E-state index is 5.87. The molecule has 0 bridgehead atoms. The van der Waals surface area contributed by atoms with Crippen LogP contribution in [-0.4, -0.2) is 41.6 Å². The minimum absolute atomic E-state index is 0.558. The van der Waals surface area contributed by atoms with Crippen LogP contribution < -0.4 is 4.74 Å². The lowest BCUT2D eigenvalue weighted by Gasteiger charge is -2.04. The van der Waals surface area contributed by atoms with Crippen molar-refractivity contribution >= 4 is 46.0 Å². The van der Waals surface area contributed by atoms with Gasteiger partial charge in [-0.2, -0.15) is 4.52 Å². The SMILES string of the molecule is Clc1ccc(OCCSc2nnc3n2[nH]c2nc4ccccc4n23)cc1. The lowest BCUT2D eigenvalue weighted by molar-refractivity contribution is 0.344. The van der Waals surface area contributed by atoms with Crippen LogP contribution in [0.15, 0.2) is 53.7 Å². The lowest BCUT2D eigenvalue weighted by atomic mass is 10.3. The molecule has 0 spiro atoms. The van der Waals surface area contributed by atoms with Gasteiger partial charge in [0, 0.05) is 10.8 Å². The van der Waals surface area contributed by atoms with Gasteiger partial charge in [0.1, 0.15) is 5.75 Å². The summed E-state index contributed by atoms with van der Waals surface area (Å²) in [5, 5.41) is 13.3. The number of halogens is 1. The van der Waals surface area contributed by atoms with E-state index >= 15 is 0 Å². The van der Waals surface area contributed by atoms with Gasteiger partial charge >= 0.3 is 0 Å². The van der Waals surface area contributed by atoms with E-state index in [2.05, 4.69) is 20.3 Å². The molecular formula is C17H13ClN6OS. The molecule has 1 N–H and O–H groups in total. The molecule has 26 heavy (non-hydrogen) atoms. The van der Waals surface area contributed by atoms with Gasteiger partial charge in [-0.05, 0) is 36.4 Å². The highest BCUT2D eigenvalue weighted by Gasteiger charge is 2.15. The molecule has 0 aliphatic rings. The number of benzene rings is 2. The highest BCUT2D eigenvalue weighted by Crippen LogP contribution is 2.22. The summed E-state index contributed by atoms with van der Waals surface area (Å²) in [6.07, 6.45) is 0. The second-order valence-corrected chi connectivity index (χ2v) is 7.14. The Morgan fingerprint density at radius 1 is 1.08 bits per heavy atom.